The van der Waals surface area contributed by atoms with Crippen molar-refractivity contribution in [2.24, 2.45) is 0 Å². The van der Waals surface area contributed by atoms with E-state index >= 15 is 0 Å². The molecule has 0 bridgehead atoms. The Labute approximate surface area is 142 Å². The first kappa shape index (κ1) is 16.4. The molecule has 0 saturated heterocycles. The number of pyridine rings is 1. The Morgan fingerprint density at radius 1 is 1.29 bits per heavy atom. The van der Waals surface area contributed by atoms with Crippen molar-refractivity contribution in [2.45, 2.75) is 33.7 Å². The van der Waals surface area contributed by atoms with Crippen molar-refractivity contribution in [3.05, 3.63) is 56.6 Å². The lowest BCUT2D eigenvalue weighted by Gasteiger charge is -2.06. The smallest absolute Gasteiger partial charge is 0.259 e. The van der Waals surface area contributed by atoms with Gasteiger partial charge in [-0.25, -0.2) is 0 Å². The molecule has 0 aliphatic carbocycles. The number of carbonyl (C=O) groups is 2. The summed E-state index contributed by atoms with van der Waals surface area (Å²) in [5, 5.41) is 2.49. The van der Waals surface area contributed by atoms with Gasteiger partial charge in [-0.15, -0.1) is 11.3 Å². The van der Waals surface area contributed by atoms with Crippen LogP contribution in [0, 0.1) is 6.92 Å². The number of hydrogen-bond acceptors (Lipinski definition) is 4. The second-order valence-electron chi connectivity index (χ2n) is 5.76. The third-order valence-electron chi connectivity index (χ3n) is 4.18. The number of fused-ring (bicyclic) bond motifs is 1. The molecule has 0 saturated carbocycles. The molecular formula is C18H18N2O3S. The summed E-state index contributed by atoms with van der Waals surface area (Å²) in [6.45, 7) is 5.15. The number of thiophene rings is 1. The minimum Gasteiger partial charge on any atom is -0.355 e. The minimum absolute atomic E-state index is 0.0467. The lowest BCUT2D eigenvalue weighted by molar-refractivity contribution is 0.0965. The number of nitrogens with zero attached hydrogens (tertiary/aromatic N) is 1. The summed E-state index contributed by atoms with van der Waals surface area (Å²) in [5.74, 6) is -0.254. The van der Waals surface area contributed by atoms with Crippen molar-refractivity contribution in [1.29, 1.82) is 0 Å². The predicted octanol–water partition coefficient (Wildman–Crippen LogP) is 3.35. The number of carbonyl (C=O) groups excluding carboxylic acids is 2. The molecule has 24 heavy (non-hydrogen) atoms. The van der Waals surface area contributed by atoms with Gasteiger partial charge in [-0.1, -0.05) is 6.92 Å². The molecule has 3 rings (SSSR count). The van der Waals surface area contributed by atoms with Crippen LogP contribution >= 0.6 is 11.3 Å². The molecule has 0 aliphatic rings. The van der Waals surface area contributed by atoms with Crippen molar-refractivity contribution in [1.82, 2.24) is 9.55 Å². The number of aryl methyl sites for hydroxylation is 1. The fourth-order valence-electron chi connectivity index (χ4n) is 3.11. The van der Waals surface area contributed by atoms with Gasteiger partial charge in [0.05, 0.1) is 17.6 Å². The Morgan fingerprint density at radius 2 is 2.04 bits per heavy atom. The normalized spacial score (nSPS) is 11.1. The van der Waals surface area contributed by atoms with Crippen LogP contribution < -0.4 is 5.56 Å². The standard InChI is InChI=1S/C18H18N2O3S/c1-4-12-16(11(3)21)10(2)19-17(12)14(22)9-20-7-5-15-13(18(20)23)6-8-24-15/h5-8,19H,4,9H2,1-3H3. The highest BCUT2D eigenvalue weighted by Gasteiger charge is 2.22. The predicted molar refractivity (Wildman–Crippen MR) is 95.3 cm³/mol. The van der Waals surface area contributed by atoms with Crippen molar-refractivity contribution in [2.75, 3.05) is 0 Å². The molecule has 1 N–H and O–H groups in total. The van der Waals surface area contributed by atoms with Crippen LogP contribution in [0.2, 0.25) is 0 Å². The largest absolute Gasteiger partial charge is 0.355 e. The zero-order valence-corrected chi connectivity index (χ0v) is 14.6. The molecule has 0 aromatic carbocycles. The summed E-state index contributed by atoms with van der Waals surface area (Å²) in [6, 6.07) is 3.61. The third kappa shape index (κ3) is 2.63. The minimum atomic E-state index is -0.195. The molecule has 3 aromatic heterocycles. The number of Topliss-reactive ketones (excluding diaryl/α,β-unsaturated/α-hetero) is 2. The topological polar surface area (TPSA) is 71.9 Å². The number of ketones is 2. The number of nitrogens with one attached hydrogen (secondary N) is 1. The van der Waals surface area contributed by atoms with Crippen LogP contribution in [-0.4, -0.2) is 21.1 Å². The van der Waals surface area contributed by atoms with Crippen LogP contribution in [0.3, 0.4) is 0 Å². The van der Waals surface area contributed by atoms with Crippen LogP contribution in [-0.2, 0) is 13.0 Å². The maximum atomic E-state index is 12.7. The number of aromatic amines is 1. The first-order chi connectivity index (χ1) is 11.4. The van der Waals surface area contributed by atoms with Gasteiger partial charge >= 0.3 is 0 Å². The maximum absolute atomic E-state index is 12.7. The molecule has 0 aliphatic heterocycles. The summed E-state index contributed by atoms with van der Waals surface area (Å²) >= 11 is 1.50. The summed E-state index contributed by atoms with van der Waals surface area (Å²) in [4.78, 5) is 40.0. The Morgan fingerprint density at radius 3 is 2.71 bits per heavy atom. The SMILES string of the molecule is CCc1c(C(=O)Cn2ccc3sccc3c2=O)[nH]c(C)c1C(C)=O. The molecule has 0 atom stereocenters. The van der Waals surface area contributed by atoms with E-state index in [-0.39, 0.29) is 23.7 Å². The van der Waals surface area contributed by atoms with E-state index in [4.69, 9.17) is 0 Å². The quantitative estimate of drug-likeness (QED) is 0.723. The summed E-state index contributed by atoms with van der Waals surface area (Å²) in [6.07, 6.45) is 2.23. The van der Waals surface area contributed by atoms with E-state index in [9.17, 15) is 14.4 Å². The van der Waals surface area contributed by atoms with Gasteiger partial charge in [0.2, 0.25) is 0 Å². The van der Waals surface area contributed by atoms with E-state index in [0.717, 1.165) is 10.3 Å². The van der Waals surface area contributed by atoms with Crippen LogP contribution in [0.1, 0.15) is 46.0 Å². The average Bonchev–Trinajstić information content (AvgIpc) is 3.14. The number of hydrogen-bond donors (Lipinski definition) is 1. The molecule has 6 heteroatoms. The monoisotopic (exact) mass is 342 g/mol. The van der Waals surface area contributed by atoms with Gasteiger partial charge in [-0.05, 0) is 43.3 Å². The highest BCUT2D eigenvalue weighted by atomic mass is 32.1. The van der Waals surface area contributed by atoms with E-state index in [0.29, 0.717) is 28.8 Å². The molecule has 0 fully saturated rings. The lowest BCUT2D eigenvalue weighted by atomic mass is 10.0. The number of rotatable bonds is 5. The molecule has 0 radical (unpaired) electrons. The molecule has 0 spiro atoms. The molecular weight excluding hydrogens is 324 g/mol. The van der Waals surface area contributed by atoms with Gasteiger partial charge < -0.3 is 9.55 Å². The number of H-pyrrole nitrogens is 1. The van der Waals surface area contributed by atoms with E-state index in [1.165, 1.54) is 22.8 Å². The van der Waals surface area contributed by atoms with Gasteiger partial charge in [-0.2, -0.15) is 0 Å². The molecule has 0 unspecified atom stereocenters. The van der Waals surface area contributed by atoms with Crippen LogP contribution in [0.25, 0.3) is 10.1 Å². The first-order valence-corrected chi connectivity index (χ1v) is 8.64. The molecule has 3 aromatic rings. The average molecular weight is 342 g/mol. The van der Waals surface area contributed by atoms with Gasteiger partial charge in [0, 0.05) is 22.2 Å². The van der Waals surface area contributed by atoms with Gasteiger partial charge in [-0.3, -0.25) is 14.4 Å². The lowest BCUT2D eigenvalue weighted by Crippen LogP contribution is -2.24. The van der Waals surface area contributed by atoms with Gasteiger partial charge in [0.1, 0.15) is 0 Å². The molecule has 124 valence electrons. The maximum Gasteiger partial charge on any atom is 0.259 e. The van der Waals surface area contributed by atoms with Crippen molar-refractivity contribution >= 4 is 33.0 Å². The van der Waals surface area contributed by atoms with Crippen molar-refractivity contribution in [3.8, 4) is 0 Å². The molecule has 3 heterocycles. The third-order valence-corrected chi connectivity index (χ3v) is 5.06. The van der Waals surface area contributed by atoms with Crippen LogP contribution in [0.4, 0.5) is 0 Å². The van der Waals surface area contributed by atoms with E-state index in [2.05, 4.69) is 4.98 Å². The summed E-state index contributed by atoms with van der Waals surface area (Å²) in [5.41, 5.74) is 2.27. The Hall–Kier alpha value is -2.47. The second kappa shape index (κ2) is 6.20. The first-order valence-electron chi connectivity index (χ1n) is 7.76. The van der Waals surface area contributed by atoms with E-state index in [1.807, 2.05) is 18.4 Å². The summed E-state index contributed by atoms with van der Waals surface area (Å²) < 4.78 is 2.33. The highest BCUT2D eigenvalue weighted by molar-refractivity contribution is 7.17. The van der Waals surface area contributed by atoms with Crippen LogP contribution in [0.15, 0.2) is 28.5 Å². The fraction of sp³-hybridized carbons (Fsp3) is 0.278. The second-order valence-corrected chi connectivity index (χ2v) is 6.71. The van der Waals surface area contributed by atoms with Crippen LogP contribution in [0.5, 0.6) is 0 Å². The zero-order valence-electron chi connectivity index (χ0n) is 13.8. The van der Waals surface area contributed by atoms with Crippen molar-refractivity contribution < 1.29 is 9.59 Å². The Bertz CT molecular complexity index is 1010. The fourth-order valence-corrected chi connectivity index (χ4v) is 3.88. The zero-order chi connectivity index (χ0) is 17.4. The Balaban J connectivity index is 2.00. The molecule has 5 nitrogen and oxygen atoms in total. The van der Waals surface area contributed by atoms with Gasteiger partial charge in [0.25, 0.3) is 5.56 Å². The van der Waals surface area contributed by atoms with E-state index in [1.54, 1.807) is 19.2 Å². The Kier molecular flexibility index (Phi) is 4.24. The van der Waals surface area contributed by atoms with Gasteiger partial charge in [0.15, 0.2) is 11.6 Å². The number of aromatic nitrogens is 2. The summed E-state index contributed by atoms with van der Waals surface area (Å²) in [7, 11) is 0. The van der Waals surface area contributed by atoms with Crippen molar-refractivity contribution in [3.63, 3.8) is 0 Å². The van der Waals surface area contributed by atoms with E-state index < -0.39 is 0 Å². The molecule has 0 amide bonds. The highest BCUT2D eigenvalue weighted by Crippen LogP contribution is 2.21.